The molecule has 2 atom stereocenters. The molecule has 2 aliphatic rings. The molecule has 0 bridgehead atoms. The monoisotopic (exact) mass is 234 g/mol. The van der Waals surface area contributed by atoms with Crippen molar-refractivity contribution >= 4 is 5.91 Å². The second-order valence-electron chi connectivity index (χ2n) is 4.92. The highest BCUT2D eigenvalue weighted by atomic mass is 19.1. The van der Waals surface area contributed by atoms with E-state index < -0.39 is 0 Å². The Balaban J connectivity index is 2.16. The zero-order valence-electron chi connectivity index (χ0n) is 9.72. The first-order chi connectivity index (χ1) is 8.16. The number of aryl methyl sites for hydroxylation is 1. The highest BCUT2D eigenvalue weighted by Gasteiger charge is 2.34. The molecule has 0 spiro atoms. The fourth-order valence-corrected chi connectivity index (χ4v) is 2.84. The summed E-state index contributed by atoms with van der Waals surface area (Å²) in [4.78, 5) is 11.9. The Bertz CT molecular complexity index is 487. The van der Waals surface area contributed by atoms with Gasteiger partial charge in [-0.3, -0.25) is 4.79 Å². The number of rotatable bonds is 0. The summed E-state index contributed by atoms with van der Waals surface area (Å²) < 4.78 is 13.6. The van der Waals surface area contributed by atoms with Gasteiger partial charge in [-0.1, -0.05) is 6.07 Å². The van der Waals surface area contributed by atoms with Crippen LogP contribution in [-0.2, 0) is 0 Å². The van der Waals surface area contributed by atoms with Gasteiger partial charge in [0.25, 0.3) is 5.91 Å². The maximum atomic E-state index is 13.6. The van der Waals surface area contributed by atoms with Crippen molar-refractivity contribution in [2.45, 2.75) is 12.8 Å². The largest absolute Gasteiger partial charge is 0.352 e. The molecule has 1 saturated heterocycles. The predicted molar refractivity (Wildman–Crippen MR) is 62.6 cm³/mol. The molecule has 1 amide bonds. The average Bonchev–Trinajstić information content (AvgIpc) is 2.73. The molecule has 0 saturated carbocycles. The Kier molecular flexibility index (Phi) is 2.40. The molecule has 0 aromatic heterocycles. The highest BCUT2D eigenvalue weighted by Crippen LogP contribution is 2.33. The minimum Gasteiger partial charge on any atom is -0.352 e. The topological polar surface area (TPSA) is 41.1 Å². The molecule has 4 heteroatoms. The molecule has 3 nitrogen and oxygen atoms in total. The number of benzene rings is 1. The first kappa shape index (κ1) is 10.7. The molecular weight excluding hydrogens is 219 g/mol. The molecular formula is C13H15FN2O. The van der Waals surface area contributed by atoms with Crippen molar-refractivity contribution in [1.29, 1.82) is 0 Å². The molecule has 2 heterocycles. The second-order valence-corrected chi connectivity index (χ2v) is 4.92. The van der Waals surface area contributed by atoms with Crippen LogP contribution in [0.5, 0.6) is 0 Å². The maximum absolute atomic E-state index is 13.6. The van der Waals surface area contributed by atoms with Crippen molar-refractivity contribution < 1.29 is 9.18 Å². The van der Waals surface area contributed by atoms with Crippen molar-refractivity contribution in [3.8, 4) is 0 Å². The van der Waals surface area contributed by atoms with Gasteiger partial charge >= 0.3 is 0 Å². The number of hydrogen-bond donors (Lipinski definition) is 2. The van der Waals surface area contributed by atoms with Gasteiger partial charge in [0.1, 0.15) is 5.82 Å². The van der Waals surface area contributed by atoms with Crippen molar-refractivity contribution in [1.82, 2.24) is 10.6 Å². The first-order valence-corrected chi connectivity index (χ1v) is 5.96. The lowest BCUT2D eigenvalue weighted by Crippen LogP contribution is -2.28. The highest BCUT2D eigenvalue weighted by molar-refractivity contribution is 5.96. The van der Waals surface area contributed by atoms with Gasteiger partial charge in [-0.2, -0.15) is 0 Å². The van der Waals surface area contributed by atoms with Gasteiger partial charge in [0.2, 0.25) is 0 Å². The van der Waals surface area contributed by atoms with Crippen LogP contribution in [0.1, 0.15) is 27.4 Å². The van der Waals surface area contributed by atoms with E-state index in [1.807, 2.05) is 6.07 Å². The lowest BCUT2D eigenvalue weighted by Gasteiger charge is -2.16. The molecule has 1 aromatic carbocycles. The van der Waals surface area contributed by atoms with Crippen LogP contribution in [0.2, 0.25) is 0 Å². The summed E-state index contributed by atoms with van der Waals surface area (Å²) in [5, 5.41) is 6.21. The zero-order valence-corrected chi connectivity index (χ0v) is 9.72. The quantitative estimate of drug-likeness (QED) is 0.707. The van der Waals surface area contributed by atoms with E-state index in [2.05, 4.69) is 10.6 Å². The van der Waals surface area contributed by atoms with Gasteiger partial charge < -0.3 is 10.6 Å². The van der Waals surface area contributed by atoms with Gasteiger partial charge in [-0.15, -0.1) is 0 Å². The number of hydrogen-bond acceptors (Lipinski definition) is 2. The summed E-state index contributed by atoms with van der Waals surface area (Å²) in [6, 6.07) is 3.21. The molecule has 0 radical (unpaired) electrons. The zero-order chi connectivity index (χ0) is 12.0. The van der Waals surface area contributed by atoms with E-state index >= 15 is 0 Å². The van der Waals surface area contributed by atoms with E-state index in [1.54, 1.807) is 6.92 Å². The van der Waals surface area contributed by atoms with Gasteiger partial charge in [0.15, 0.2) is 0 Å². The summed E-state index contributed by atoms with van der Waals surface area (Å²) >= 11 is 0. The number of amides is 1. The van der Waals surface area contributed by atoms with E-state index in [0.717, 1.165) is 18.7 Å². The predicted octanol–water partition coefficient (Wildman–Crippen LogP) is 1.18. The van der Waals surface area contributed by atoms with Crippen LogP contribution in [0.4, 0.5) is 4.39 Å². The van der Waals surface area contributed by atoms with Gasteiger partial charge in [0, 0.05) is 31.1 Å². The number of carbonyl (C=O) groups is 1. The maximum Gasteiger partial charge on any atom is 0.251 e. The standard InChI is InChI=1S/C13H15FN2O/c1-7-2-9-10(3-12(7)14)13(17)16-5-8-4-15-6-11(8)9/h2-3,8,11,15H,4-6H2,1H3,(H,16,17). The van der Waals surface area contributed by atoms with Crippen LogP contribution in [0.3, 0.4) is 0 Å². The second kappa shape index (κ2) is 3.81. The van der Waals surface area contributed by atoms with E-state index in [9.17, 15) is 9.18 Å². The third-order valence-corrected chi connectivity index (χ3v) is 3.84. The average molecular weight is 234 g/mol. The van der Waals surface area contributed by atoms with Gasteiger partial charge in [0.05, 0.1) is 0 Å². The molecule has 0 aliphatic carbocycles. The fourth-order valence-electron chi connectivity index (χ4n) is 2.84. The number of halogens is 1. The molecule has 3 rings (SSSR count). The number of carbonyl (C=O) groups excluding carboxylic acids is 1. The SMILES string of the molecule is Cc1cc2c(cc1F)C(=O)NCC1CNCC21. The lowest BCUT2D eigenvalue weighted by molar-refractivity contribution is 0.0952. The molecule has 2 N–H and O–H groups in total. The van der Waals surface area contributed by atoms with Crippen LogP contribution < -0.4 is 10.6 Å². The van der Waals surface area contributed by atoms with E-state index in [-0.39, 0.29) is 11.7 Å². The van der Waals surface area contributed by atoms with Crippen LogP contribution in [0, 0.1) is 18.7 Å². The molecule has 90 valence electrons. The third kappa shape index (κ3) is 1.63. The summed E-state index contributed by atoms with van der Waals surface area (Å²) in [5.41, 5.74) is 2.11. The van der Waals surface area contributed by atoms with Gasteiger partial charge in [-0.05, 0) is 30.0 Å². The fraction of sp³-hybridized carbons (Fsp3) is 0.462. The van der Waals surface area contributed by atoms with Gasteiger partial charge in [-0.25, -0.2) is 4.39 Å². The van der Waals surface area contributed by atoms with Crippen molar-refractivity contribution in [2.24, 2.45) is 5.92 Å². The van der Waals surface area contributed by atoms with Crippen LogP contribution in [0.15, 0.2) is 12.1 Å². The Morgan fingerprint density at radius 2 is 2.12 bits per heavy atom. The Labute approximate surface area is 99.4 Å². The molecule has 1 fully saturated rings. The number of nitrogens with one attached hydrogen (secondary N) is 2. The number of fused-ring (bicyclic) bond motifs is 3. The first-order valence-electron chi connectivity index (χ1n) is 5.96. The minimum absolute atomic E-state index is 0.145. The van der Waals surface area contributed by atoms with Crippen LogP contribution in [-0.4, -0.2) is 25.5 Å². The Morgan fingerprint density at radius 1 is 1.29 bits per heavy atom. The molecule has 2 unspecified atom stereocenters. The minimum atomic E-state index is -0.302. The molecule has 2 aliphatic heterocycles. The van der Waals surface area contributed by atoms with Crippen molar-refractivity contribution in [3.63, 3.8) is 0 Å². The smallest absolute Gasteiger partial charge is 0.251 e. The molecule has 1 aromatic rings. The van der Waals surface area contributed by atoms with E-state index in [1.165, 1.54) is 6.07 Å². The normalized spacial score (nSPS) is 27.1. The van der Waals surface area contributed by atoms with E-state index in [0.29, 0.717) is 29.5 Å². The van der Waals surface area contributed by atoms with Crippen LogP contribution in [0.25, 0.3) is 0 Å². The van der Waals surface area contributed by atoms with Crippen molar-refractivity contribution in [3.05, 3.63) is 34.6 Å². The third-order valence-electron chi connectivity index (χ3n) is 3.84. The Hall–Kier alpha value is -1.42. The van der Waals surface area contributed by atoms with E-state index in [4.69, 9.17) is 0 Å². The summed E-state index contributed by atoms with van der Waals surface area (Å²) in [7, 11) is 0. The summed E-state index contributed by atoms with van der Waals surface area (Å²) in [6.45, 7) is 4.21. The summed E-state index contributed by atoms with van der Waals surface area (Å²) in [6.07, 6.45) is 0. The van der Waals surface area contributed by atoms with Crippen LogP contribution >= 0.6 is 0 Å². The summed E-state index contributed by atoms with van der Waals surface area (Å²) in [5.74, 6) is 0.296. The molecule has 17 heavy (non-hydrogen) atoms. The van der Waals surface area contributed by atoms with Crippen molar-refractivity contribution in [2.75, 3.05) is 19.6 Å². The lowest BCUT2D eigenvalue weighted by atomic mass is 9.86. The Morgan fingerprint density at radius 3 is 2.94 bits per heavy atom.